The van der Waals surface area contributed by atoms with Crippen LogP contribution < -0.4 is 4.74 Å². The minimum atomic E-state index is -4.42. The van der Waals surface area contributed by atoms with Crippen LogP contribution in [0.3, 0.4) is 0 Å². The van der Waals surface area contributed by atoms with Gasteiger partial charge < -0.3 is 14.0 Å². The van der Waals surface area contributed by atoms with Gasteiger partial charge in [-0.25, -0.2) is 4.79 Å². The van der Waals surface area contributed by atoms with E-state index < -0.39 is 17.7 Å². The Labute approximate surface area is 162 Å². The van der Waals surface area contributed by atoms with Crippen molar-refractivity contribution in [2.24, 2.45) is 0 Å². The van der Waals surface area contributed by atoms with Crippen LogP contribution in [0.25, 0.3) is 17.5 Å². The van der Waals surface area contributed by atoms with Crippen molar-refractivity contribution < 1.29 is 32.0 Å². The number of alkyl halides is 3. The van der Waals surface area contributed by atoms with Gasteiger partial charge in [0.15, 0.2) is 6.61 Å². The van der Waals surface area contributed by atoms with Crippen LogP contribution >= 0.6 is 0 Å². The lowest BCUT2D eigenvalue weighted by Crippen LogP contribution is -2.17. The van der Waals surface area contributed by atoms with Crippen LogP contribution in [0.5, 0.6) is 5.75 Å². The lowest BCUT2D eigenvalue weighted by molar-refractivity contribution is -0.141. The van der Waals surface area contributed by atoms with Crippen LogP contribution in [-0.4, -0.2) is 22.7 Å². The van der Waals surface area contributed by atoms with E-state index in [0.717, 1.165) is 17.7 Å². The first-order chi connectivity index (χ1) is 13.9. The summed E-state index contributed by atoms with van der Waals surface area (Å²) >= 11 is 0. The standard InChI is InChI=1S/C20H13F3N2O4/c21-20(22,23)15-7-5-12(6-8-15)18-24-17(29-25-18)11-28-19(26)14-9-13-3-1-2-4-16(13)27-10-14/h1-9H,10-11H2. The number of halogens is 3. The average molecular weight is 402 g/mol. The molecule has 2 aromatic carbocycles. The first-order valence-corrected chi connectivity index (χ1v) is 8.50. The molecule has 0 aliphatic carbocycles. The van der Waals surface area contributed by atoms with E-state index in [1.54, 1.807) is 12.1 Å². The maximum Gasteiger partial charge on any atom is 0.416 e. The van der Waals surface area contributed by atoms with Crippen LogP contribution in [0.4, 0.5) is 13.2 Å². The predicted molar refractivity (Wildman–Crippen MR) is 94.4 cm³/mol. The van der Waals surface area contributed by atoms with Crippen molar-refractivity contribution in [1.29, 1.82) is 0 Å². The van der Waals surface area contributed by atoms with Crippen LogP contribution in [0.1, 0.15) is 17.0 Å². The summed E-state index contributed by atoms with van der Waals surface area (Å²) in [4.78, 5) is 16.3. The highest BCUT2D eigenvalue weighted by molar-refractivity contribution is 5.95. The van der Waals surface area contributed by atoms with Crippen molar-refractivity contribution in [2.75, 3.05) is 6.61 Å². The summed E-state index contributed by atoms with van der Waals surface area (Å²) in [6.07, 6.45) is -2.74. The maximum absolute atomic E-state index is 12.6. The Balaban J connectivity index is 1.40. The van der Waals surface area contributed by atoms with Gasteiger partial charge in [0.25, 0.3) is 5.89 Å². The number of hydrogen-bond acceptors (Lipinski definition) is 6. The van der Waals surface area contributed by atoms with E-state index >= 15 is 0 Å². The van der Waals surface area contributed by atoms with Crippen LogP contribution in [0.15, 0.2) is 58.6 Å². The van der Waals surface area contributed by atoms with E-state index in [1.165, 1.54) is 12.1 Å². The highest BCUT2D eigenvalue weighted by Gasteiger charge is 2.30. The zero-order valence-corrected chi connectivity index (χ0v) is 14.8. The van der Waals surface area contributed by atoms with Gasteiger partial charge in [0.05, 0.1) is 11.1 Å². The maximum atomic E-state index is 12.6. The van der Waals surface area contributed by atoms with Crippen LogP contribution in [-0.2, 0) is 22.3 Å². The second-order valence-electron chi connectivity index (χ2n) is 6.16. The molecule has 0 saturated heterocycles. The number of aromatic nitrogens is 2. The third-order valence-electron chi connectivity index (χ3n) is 4.16. The highest BCUT2D eigenvalue weighted by atomic mass is 19.4. The number of carbonyl (C=O) groups is 1. The minimum Gasteiger partial charge on any atom is -0.488 e. The first-order valence-electron chi connectivity index (χ1n) is 8.50. The molecule has 9 heteroatoms. The molecule has 0 radical (unpaired) electrons. The zero-order valence-electron chi connectivity index (χ0n) is 14.8. The van der Waals surface area contributed by atoms with Crippen molar-refractivity contribution in [1.82, 2.24) is 10.1 Å². The number of rotatable bonds is 4. The Bertz CT molecular complexity index is 1070. The number of nitrogens with zero attached hydrogens (tertiary/aromatic N) is 2. The predicted octanol–water partition coefficient (Wildman–Crippen LogP) is 4.27. The monoisotopic (exact) mass is 402 g/mol. The van der Waals surface area contributed by atoms with Gasteiger partial charge in [-0.3, -0.25) is 0 Å². The van der Waals surface area contributed by atoms with Gasteiger partial charge >= 0.3 is 12.1 Å². The van der Waals surface area contributed by atoms with Crippen molar-refractivity contribution in [2.45, 2.75) is 12.8 Å². The van der Waals surface area contributed by atoms with Crippen molar-refractivity contribution in [3.8, 4) is 17.1 Å². The topological polar surface area (TPSA) is 74.5 Å². The molecular weight excluding hydrogens is 389 g/mol. The Morgan fingerprint density at radius 2 is 1.86 bits per heavy atom. The molecular formula is C20H13F3N2O4. The summed E-state index contributed by atoms with van der Waals surface area (Å²) in [5.74, 6) is 0.209. The molecule has 0 saturated carbocycles. The van der Waals surface area contributed by atoms with Crippen molar-refractivity contribution in [3.05, 3.63) is 71.1 Å². The van der Waals surface area contributed by atoms with E-state index in [-0.39, 0.29) is 24.9 Å². The molecule has 0 atom stereocenters. The fourth-order valence-corrected chi connectivity index (χ4v) is 2.69. The molecule has 1 aliphatic heterocycles. The molecule has 0 N–H and O–H groups in total. The fourth-order valence-electron chi connectivity index (χ4n) is 2.69. The number of esters is 1. The fraction of sp³-hybridized carbons (Fsp3) is 0.150. The van der Waals surface area contributed by atoms with Gasteiger partial charge in [0, 0.05) is 11.1 Å². The second kappa shape index (κ2) is 7.42. The molecule has 1 aromatic heterocycles. The van der Waals surface area contributed by atoms with Gasteiger partial charge in [0.1, 0.15) is 12.4 Å². The smallest absolute Gasteiger partial charge is 0.416 e. The summed E-state index contributed by atoms with van der Waals surface area (Å²) in [5.41, 5.74) is 0.682. The largest absolute Gasteiger partial charge is 0.488 e. The van der Waals surface area contributed by atoms with Crippen molar-refractivity contribution >= 4 is 12.0 Å². The molecule has 0 amide bonds. The van der Waals surface area contributed by atoms with E-state index in [1.807, 2.05) is 18.2 Å². The normalized spacial score (nSPS) is 13.3. The van der Waals surface area contributed by atoms with E-state index in [4.69, 9.17) is 14.0 Å². The molecule has 1 aliphatic rings. The second-order valence-corrected chi connectivity index (χ2v) is 6.16. The summed E-state index contributed by atoms with van der Waals surface area (Å²) < 4.78 is 53.5. The van der Waals surface area contributed by atoms with Gasteiger partial charge in [0.2, 0.25) is 5.82 Å². The zero-order chi connectivity index (χ0) is 20.4. The Morgan fingerprint density at radius 3 is 2.62 bits per heavy atom. The van der Waals surface area contributed by atoms with Gasteiger partial charge in [-0.15, -0.1) is 0 Å². The number of hydrogen-bond donors (Lipinski definition) is 0. The number of para-hydroxylation sites is 1. The van der Waals surface area contributed by atoms with E-state index in [0.29, 0.717) is 16.9 Å². The summed E-state index contributed by atoms with van der Waals surface area (Å²) in [7, 11) is 0. The van der Waals surface area contributed by atoms with Gasteiger partial charge in [-0.05, 0) is 24.3 Å². The highest BCUT2D eigenvalue weighted by Crippen LogP contribution is 2.30. The third kappa shape index (κ3) is 4.13. The first kappa shape index (κ1) is 18.7. The van der Waals surface area contributed by atoms with Crippen molar-refractivity contribution in [3.63, 3.8) is 0 Å². The number of fused-ring (bicyclic) bond motifs is 1. The molecule has 29 heavy (non-hydrogen) atoms. The molecule has 0 unspecified atom stereocenters. The molecule has 0 bridgehead atoms. The molecule has 3 aromatic rings. The Morgan fingerprint density at radius 1 is 1.10 bits per heavy atom. The summed E-state index contributed by atoms with van der Waals surface area (Å²) in [5, 5.41) is 3.70. The average Bonchev–Trinajstić information content (AvgIpc) is 3.20. The van der Waals surface area contributed by atoms with Crippen LogP contribution in [0.2, 0.25) is 0 Å². The Hall–Kier alpha value is -3.62. The summed E-state index contributed by atoms with van der Waals surface area (Å²) in [6, 6.07) is 11.6. The molecule has 0 spiro atoms. The van der Waals surface area contributed by atoms with Crippen LogP contribution in [0, 0.1) is 0 Å². The number of ether oxygens (including phenoxy) is 2. The molecule has 4 rings (SSSR count). The molecule has 6 nitrogen and oxygen atoms in total. The summed E-state index contributed by atoms with van der Waals surface area (Å²) in [6.45, 7) is -0.193. The minimum absolute atomic E-state index is 0.0194. The molecule has 0 fully saturated rings. The van der Waals surface area contributed by atoms with E-state index in [2.05, 4.69) is 10.1 Å². The SMILES string of the molecule is O=C(OCc1nc(-c2ccc(C(F)(F)F)cc2)no1)C1=Cc2ccccc2OC1. The van der Waals surface area contributed by atoms with Gasteiger partial charge in [-0.2, -0.15) is 18.2 Å². The third-order valence-corrected chi connectivity index (χ3v) is 4.16. The number of benzene rings is 2. The lowest BCUT2D eigenvalue weighted by Gasteiger charge is -2.16. The van der Waals surface area contributed by atoms with E-state index in [9.17, 15) is 18.0 Å². The Kier molecular flexibility index (Phi) is 4.79. The number of carbonyl (C=O) groups excluding carboxylic acids is 1. The lowest BCUT2D eigenvalue weighted by atomic mass is 10.1. The molecule has 2 heterocycles. The molecule has 148 valence electrons. The quantitative estimate of drug-likeness (QED) is 0.607. The van der Waals surface area contributed by atoms with Gasteiger partial charge in [-0.1, -0.05) is 35.5 Å².